The van der Waals surface area contributed by atoms with Gasteiger partial charge in [-0.15, -0.1) is 15.3 Å². The minimum atomic E-state index is 0.274. The molecule has 0 radical (unpaired) electrons. The van der Waals surface area contributed by atoms with E-state index in [1.165, 1.54) is 4.52 Å². The fourth-order valence-electron chi connectivity index (χ4n) is 1.89. The zero-order valence-corrected chi connectivity index (χ0v) is 9.89. The van der Waals surface area contributed by atoms with Gasteiger partial charge in [0.05, 0.1) is 0 Å². The molecule has 1 saturated heterocycles. The van der Waals surface area contributed by atoms with Gasteiger partial charge >= 0.3 is 0 Å². The SMILES string of the molecule is Clc1nnc2ccc(NC3CCOCC3)nn12. The van der Waals surface area contributed by atoms with Gasteiger partial charge in [0.1, 0.15) is 5.82 Å². The molecule has 1 N–H and O–H groups in total. The highest BCUT2D eigenvalue weighted by Gasteiger charge is 2.14. The van der Waals surface area contributed by atoms with E-state index in [9.17, 15) is 0 Å². The highest BCUT2D eigenvalue weighted by Crippen LogP contribution is 2.15. The van der Waals surface area contributed by atoms with Crippen molar-refractivity contribution in [1.82, 2.24) is 19.8 Å². The molecular formula is C10H12ClN5O. The molecule has 0 spiro atoms. The largest absolute Gasteiger partial charge is 0.381 e. The highest BCUT2D eigenvalue weighted by molar-refractivity contribution is 6.28. The maximum Gasteiger partial charge on any atom is 0.246 e. The molecule has 0 atom stereocenters. The molecule has 0 aliphatic carbocycles. The maximum absolute atomic E-state index is 5.87. The smallest absolute Gasteiger partial charge is 0.246 e. The van der Waals surface area contributed by atoms with Gasteiger partial charge in [-0.05, 0) is 36.6 Å². The third kappa shape index (κ3) is 2.18. The van der Waals surface area contributed by atoms with Crippen molar-refractivity contribution in [1.29, 1.82) is 0 Å². The number of fused-ring (bicyclic) bond motifs is 1. The summed E-state index contributed by atoms with van der Waals surface area (Å²) in [6, 6.07) is 4.13. The Balaban J connectivity index is 1.82. The summed E-state index contributed by atoms with van der Waals surface area (Å²) >= 11 is 5.87. The topological polar surface area (TPSA) is 64.3 Å². The first-order valence-electron chi connectivity index (χ1n) is 5.55. The van der Waals surface area contributed by atoms with Crippen molar-refractivity contribution in [3.05, 3.63) is 17.4 Å². The summed E-state index contributed by atoms with van der Waals surface area (Å²) in [5.41, 5.74) is 0.646. The molecule has 0 unspecified atom stereocenters. The lowest BCUT2D eigenvalue weighted by Gasteiger charge is -2.23. The Hall–Kier alpha value is -1.40. The molecule has 0 saturated carbocycles. The van der Waals surface area contributed by atoms with E-state index >= 15 is 0 Å². The van der Waals surface area contributed by atoms with Crippen LogP contribution in [0.15, 0.2) is 12.1 Å². The van der Waals surface area contributed by atoms with Gasteiger partial charge < -0.3 is 10.1 Å². The number of hydrogen-bond donors (Lipinski definition) is 1. The van der Waals surface area contributed by atoms with Gasteiger partial charge in [-0.3, -0.25) is 0 Å². The van der Waals surface area contributed by atoms with Crippen LogP contribution in [0.2, 0.25) is 5.28 Å². The number of ether oxygens (including phenoxy) is 1. The Kier molecular flexibility index (Phi) is 2.82. The molecular weight excluding hydrogens is 242 g/mol. The number of hydrogen-bond acceptors (Lipinski definition) is 5. The molecule has 17 heavy (non-hydrogen) atoms. The predicted octanol–water partition coefficient (Wildman–Crippen LogP) is 1.37. The van der Waals surface area contributed by atoms with Crippen LogP contribution in [0.4, 0.5) is 5.82 Å². The third-order valence-electron chi connectivity index (χ3n) is 2.80. The van der Waals surface area contributed by atoms with Crippen molar-refractivity contribution in [3.8, 4) is 0 Å². The van der Waals surface area contributed by atoms with E-state index in [1.54, 1.807) is 0 Å². The fourth-order valence-corrected chi connectivity index (χ4v) is 2.05. The van der Waals surface area contributed by atoms with E-state index in [0.717, 1.165) is 31.9 Å². The molecule has 3 heterocycles. The second kappa shape index (κ2) is 4.46. The highest BCUT2D eigenvalue weighted by atomic mass is 35.5. The Bertz CT molecular complexity index is 522. The zero-order valence-electron chi connectivity index (χ0n) is 9.14. The Labute approximate surface area is 103 Å². The van der Waals surface area contributed by atoms with Crippen LogP contribution in [-0.4, -0.2) is 39.1 Å². The minimum absolute atomic E-state index is 0.274. The molecule has 1 aliphatic rings. The third-order valence-corrected chi connectivity index (χ3v) is 3.03. The molecule has 0 amide bonds. The van der Waals surface area contributed by atoms with Crippen molar-refractivity contribution in [2.75, 3.05) is 18.5 Å². The normalized spacial score (nSPS) is 17.5. The molecule has 6 nitrogen and oxygen atoms in total. The minimum Gasteiger partial charge on any atom is -0.381 e. The van der Waals surface area contributed by atoms with E-state index in [2.05, 4.69) is 20.6 Å². The van der Waals surface area contributed by atoms with E-state index in [-0.39, 0.29) is 5.28 Å². The number of nitrogens with zero attached hydrogens (tertiary/aromatic N) is 4. The summed E-state index contributed by atoms with van der Waals surface area (Å²) in [4.78, 5) is 0. The first-order chi connectivity index (χ1) is 8.33. The van der Waals surface area contributed by atoms with Crippen LogP contribution in [0.5, 0.6) is 0 Å². The Morgan fingerprint density at radius 3 is 2.94 bits per heavy atom. The van der Waals surface area contributed by atoms with Gasteiger partial charge in [-0.2, -0.15) is 4.52 Å². The van der Waals surface area contributed by atoms with Gasteiger partial charge in [0.15, 0.2) is 5.65 Å². The molecule has 0 aromatic carbocycles. The lowest BCUT2D eigenvalue weighted by Crippen LogP contribution is -2.28. The van der Waals surface area contributed by atoms with Crippen LogP contribution >= 0.6 is 11.6 Å². The van der Waals surface area contributed by atoms with E-state index in [1.807, 2.05) is 12.1 Å². The number of aromatic nitrogens is 4. The van der Waals surface area contributed by atoms with Crippen molar-refractivity contribution >= 4 is 23.1 Å². The Morgan fingerprint density at radius 1 is 1.29 bits per heavy atom. The number of anilines is 1. The van der Waals surface area contributed by atoms with Gasteiger partial charge in [0, 0.05) is 19.3 Å². The van der Waals surface area contributed by atoms with Crippen LogP contribution in [-0.2, 0) is 4.74 Å². The summed E-state index contributed by atoms with van der Waals surface area (Å²) in [5, 5.41) is 15.6. The second-order valence-corrected chi connectivity index (χ2v) is 4.33. The monoisotopic (exact) mass is 253 g/mol. The van der Waals surface area contributed by atoms with Crippen LogP contribution < -0.4 is 5.32 Å². The lowest BCUT2D eigenvalue weighted by molar-refractivity contribution is 0.0903. The predicted molar refractivity (Wildman–Crippen MR) is 63.3 cm³/mol. The van der Waals surface area contributed by atoms with Crippen molar-refractivity contribution < 1.29 is 4.74 Å². The average Bonchev–Trinajstić information content (AvgIpc) is 2.73. The lowest BCUT2D eigenvalue weighted by atomic mass is 10.1. The first kappa shape index (κ1) is 10.7. The van der Waals surface area contributed by atoms with Crippen molar-refractivity contribution in [3.63, 3.8) is 0 Å². The maximum atomic E-state index is 5.87. The summed E-state index contributed by atoms with van der Waals surface area (Å²) < 4.78 is 6.82. The summed E-state index contributed by atoms with van der Waals surface area (Å²) in [6.45, 7) is 1.60. The summed E-state index contributed by atoms with van der Waals surface area (Å²) in [5.74, 6) is 0.783. The average molecular weight is 254 g/mol. The zero-order chi connectivity index (χ0) is 11.7. The van der Waals surface area contributed by atoms with Crippen LogP contribution in [0.3, 0.4) is 0 Å². The first-order valence-corrected chi connectivity index (χ1v) is 5.93. The van der Waals surface area contributed by atoms with E-state index in [4.69, 9.17) is 16.3 Å². The van der Waals surface area contributed by atoms with Gasteiger partial charge in [0.25, 0.3) is 0 Å². The van der Waals surface area contributed by atoms with Gasteiger partial charge in [-0.1, -0.05) is 0 Å². The second-order valence-electron chi connectivity index (χ2n) is 3.99. The van der Waals surface area contributed by atoms with Crippen molar-refractivity contribution in [2.45, 2.75) is 18.9 Å². The number of nitrogens with one attached hydrogen (secondary N) is 1. The molecule has 90 valence electrons. The van der Waals surface area contributed by atoms with E-state index in [0.29, 0.717) is 11.7 Å². The molecule has 3 rings (SSSR count). The standard InChI is InChI=1S/C10H12ClN5O/c11-10-14-13-9-2-1-8(15-16(9)10)12-7-3-5-17-6-4-7/h1-2,7H,3-6H2,(H,12,15). The molecule has 2 aromatic rings. The quantitative estimate of drug-likeness (QED) is 0.876. The fraction of sp³-hybridized carbons (Fsp3) is 0.500. The Morgan fingerprint density at radius 2 is 2.12 bits per heavy atom. The van der Waals surface area contributed by atoms with Crippen LogP contribution in [0, 0.1) is 0 Å². The van der Waals surface area contributed by atoms with Crippen molar-refractivity contribution in [2.24, 2.45) is 0 Å². The van der Waals surface area contributed by atoms with E-state index < -0.39 is 0 Å². The van der Waals surface area contributed by atoms with Crippen LogP contribution in [0.1, 0.15) is 12.8 Å². The molecule has 2 aromatic heterocycles. The number of rotatable bonds is 2. The summed E-state index contributed by atoms with van der Waals surface area (Å²) in [7, 11) is 0. The van der Waals surface area contributed by atoms with Crippen LogP contribution in [0.25, 0.3) is 5.65 Å². The molecule has 0 bridgehead atoms. The molecule has 1 aliphatic heterocycles. The van der Waals surface area contributed by atoms with Gasteiger partial charge in [0.2, 0.25) is 5.28 Å². The summed E-state index contributed by atoms with van der Waals surface area (Å²) in [6.07, 6.45) is 1.99. The van der Waals surface area contributed by atoms with Gasteiger partial charge in [-0.25, -0.2) is 0 Å². The number of halogens is 1. The molecule has 7 heteroatoms. The molecule has 1 fully saturated rings.